The molecule has 0 spiro atoms. The molecule has 0 aliphatic heterocycles. The molecule has 61 heavy (non-hydrogen) atoms. The molecule has 8 aromatic carbocycles. The van der Waals surface area contributed by atoms with Crippen LogP contribution >= 0.6 is 11.3 Å². The van der Waals surface area contributed by atoms with Gasteiger partial charge in [0.1, 0.15) is 43.0 Å². The van der Waals surface area contributed by atoms with Gasteiger partial charge < -0.3 is 8.83 Å². The molecular formula is C52H30N6O2S. The van der Waals surface area contributed by atoms with Gasteiger partial charge in [-0.05, 0) is 59.3 Å². The van der Waals surface area contributed by atoms with E-state index in [4.69, 9.17) is 28.8 Å². The summed E-state index contributed by atoms with van der Waals surface area (Å²) in [6.07, 6.45) is 3.67. The quantitative estimate of drug-likeness (QED) is 0.164. The van der Waals surface area contributed by atoms with E-state index in [0.29, 0.717) is 22.7 Å². The molecular weight excluding hydrogens is 773 g/mol. The summed E-state index contributed by atoms with van der Waals surface area (Å²) in [6.45, 7) is 0. The van der Waals surface area contributed by atoms with Gasteiger partial charge >= 0.3 is 0 Å². The van der Waals surface area contributed by atoms with Gasteiger partial charge in [-0.2, -0.15) is 0 Å². The number of aromatic nitrogens is 4. The average Bonchev–Trinajstić information content (AvgIpc) is 3.99. The van der Waals surface area contributed by atoms with Gasteiger partial charge in [-0.15, -0.1) is 0 Å². The number of thiophene rings is 1. The van der Waals surface area contributed by atoms with E-state index >= 15 is 0 Å². The van der Waals surface area contributed by atoms with Crippen LogP contribution in [0.3, 0.4) is 0 Å². The van der Waals surface area contributed by atoms with Crippen LogP contribution in [0.2, 0.25) is 0 Å². The van der Waals surface area contributed by atoms with Gasteiger partial charge in [-0.25, -0.2) is 19.9 Å². The highest BCUT2D eigenvalue weighted by Crippen LogP contribution is 2.44. The minimum absolute atomic E-state index is 0.669. The van der Waals surface area contributed by atoms with E-state index in [1.807, 2.05) is 48.8 Å². The molecule has 0 N–H and O–H groups in total. The number of fused-ring (bicyclic) bond motifs is 11. The number of furan rings is 2. The fourth-order valence-corrected chi connectivity index (χ4v) is 9.76. The topological polar surface area (TPSA) is 84.3 Å². The van der Waals surface area contributed by atoms with Crippen molar-refractivity contribution in [1.82, 2.24) is 19.9 Å². The van der Waals surface area contributed by atoms with Crippen molar-refractivity contribution in [1.29, 1.82) is 0 Å². The first-order chi connectivity index (χ1) is 30.2. The second-order valence-corrected chi connectivity index (χ2v) is 16.1. The van der Waals surface area contributed by atoms with Crippen LogP contribution in [0.4, 0.5) is 34.4 Å². The molecule has 0 amide bonds. The van der Waals surface area contributed by atoms with Gasteiger partial charge in [0.2, 0.25) is 0 Å². The Morgan fingerprint density at radius 1 is 0.377 bits per heavy atom. The van der Waals surface area contributed by atoms with Crippen molar-refractivity contribution >= 4 is 132 Å². The van der Waals surface area contributed by atoms with E-state index in [9.17, 15) is 0 Å². The Morgan fingerprint density at radius 2 is 0.787 bits per heavy atom. The normalized spacial score (nSPS) is 11.9. The number of hydrogen-bond acceptors (Lipinski definition) is 9. The van der Waals surface area contributed by atoms with Crippen molar-refractivity contribution in [2.45, 2.75) is 0 Å². The Bertz CT molecular complexity index is 3630. The number of rotatable bonds is 6. The molecule has 0 bridgehead atoms. The first kappa shape index (κ1) is 33.8. The van der Waals surface area contributed by atoms with Crippen molar-refractivity contribution in [3.63, 3.8) is 0 Å². The van der Waals surface area contributed by atoms with E-state index in [1.165, 1.54) is 11.3 Å². The maximum absolute atomic E-state index is 6.38. The SMILES string of the molecule is c1ccc2c(N(c3ccc4c(c3)oc3ccccc34)c3cnc4c(n3)sc3nc(N(c5ccc6c(c5)oc5ccccc56)c5cccc6ccccc56)cnc34)cccc2c1. The molecule has 8 nitrogen and oxygen atoms in total. The highest BCUT2D eigenvalue weighted by Gasteiger charge is 2.23. The van der Waals surface area contributed by atoms with Crippen LogP contribution in [0.15, 0.2) is 191 Å². The summed E-state index contributed by atoms with van der Waals surface area (Å²) in [5.74, 6) is 1.34. The van der Waals surface area contributed by atoms with E-state index in [2.05, 4.69) is 143 Å². The monoisotopic (exact) mass is 802 g/mol. The Hall–Kier alpha value is -8.14. The Morgan fingerprint density at radius 3 is 1.28 bits per heavy atom. The molecule has 286 valence electrons. The van der Waals surface area contributed by atoms with Crippen LogP contribution in [-0.4, -0.2) is 19.9 Å². The first-order valence-electron chi connectivity index (χ1n) is 20.0. The fraction of sp³-hybridized carbons (Fsp3) is 0. The number of nitrogens with zero attached hydrogens (tertiary/aromatic N) is 6. The number of anilines is 6. The molecule has 13 rings (SSSR count). The molecule has 0 aliphatic carbocycles. The molecule has 0 saturated heterocycles. The van der Waals surface area contributed by atoms with Crippen LogP contribution in [0.1, 0.15) is 0 Å². The van der Waals surface area contributed by atoms with Crippen molar-refractivity contribution in [2.75, 3.05) is 9.80 Å². The lowest BCUT2D eigenvalue weighted by Crippen LogP contribution is -2.12. The standard InChI is InChI=1S/C52H30N6O2S/c1-3-15-35-31(11-1)13-9-19-41(35)57(33-23-25-39-37-17-5-7-21-43(37)59-45(39)27-33)47-29-53-49-50-52(61-51(49)55-47)56-48(30-54-50)58(42-20-10-14-32-12-2-4-16-36(32)42)34-24-26-40-38-18-6-8-22-44(38)60-46(40)28-34/h1-30H. The zero-order valence-corrected chi connectivity index (χ0v) is 33.0. The van der Waals surface area contributed by atoms with Crippen molar-refractivity contribution in [3.8, 4) is 0 Å². The van der Waals surface area contributed by atoms with E-state index in [0.717, 1.165) is 97.8 Å². The third-order valence-corrected chi connectivity index (χ3v) is 12.5. The van der Waals surface area contributed by atoms with E-state index < -0.39 is 0 Å². The molecule has 0 unspecified atom stereocenters. The molecule has 5 aromatic heterocycles. The molecule has 5 heterocycles. The smallest absolute Gasteiger partial charge is 0.157 e. The van der Waals surface area contributed by atoms with Crippen molar-refractivity contribution in [2.24, 2.45) is 0 Å². The second-order valence-electron chi connectivity index (χ2n) is 15.1. The Labute approximate surface area is 351 Å². The third kappa shape index (κ3) is 5.31. The van der Waals surface area contributed by atoms with Gasteiger partial charge in [0.25, 0.3) is 0 Å². The van der Waals surface area contributed by atoms with Gasteiger partial charge in [0, 0.05) is 44.5 Å². The molecule has 0 radical (unpaired) electrons. The van der Waals surface area contributed by atoms with Gasteiger partial charge in [0.05, 0.1) is 35.1 Å². The number of hydrogen-bond donors (Lipinski definition) is 0. The number of para-hydroxylation sites is 2. The second kappa shape index (κ2) is 13.2. The maximum Gasteiger partial charge on any atom is 0.157 e. The van der Waals surface area contributed by atoms with Crippen LogP contribution in [0, 0.1) is 0 Å². The average molecular weight is 803 g/mol. The lowest BCUT2D eigenvalue weighted by Gasteiger charge is -2.25. The van der Waals surface area contributed by atoms with Crippen LogP contribution in [0.25, 0.3) is 86.1 Å². The Kier molecular flexibility index (Phi) is 7.31. The molecule has 9 heteroatoms. The summed E-state index contributed by atoms with van der Waals surface area (Å²) in [7, 11) is 0. The summed E-state index contributed by atoms with van der Waals surface area (Å²) < 4.78 is 12.8. The first-order valence-corrected chi connectivity index (χ1v) is 20.8. The molecule has 0 atom stereocenters. The van der Waals surface area contributed by atoms with Gasteiger partial charge in [0.15, 0.2) is 11.6 Å². The molecule has 0 fully saturated rings. The molecule has 0 aliphatic rings. The van der Waals surface area contributed by atoms with Crippen LogP contribution in [-0.2, 0) is 0 Å². The van der Waals surface area contributed by atoms with Crippen molar-refractivity contribution in [3.05, 3.63) is 182 Å². The van der Waals surface area contributed by atoms with Crippen LogP contribution in [0.5, 0.6) is 0 Å². The lowest BCUT2D eigenvalue weighted by molar-refractivity contribution is 0.668. The zero-order valence-electron chi connectivity index (χ0n) is 32.2. The fourth-order valence-electron chi connectivity index (χ4n) is 8.80. The highest BCUT2D eigenvalue weighted by atomic mass is 32.1. The van der Waals surface area contributed by atoms with Gasteiger partial charge in [-0.1, -0.05) is 121 Å². The molecule has 0 saturated carbocycles. The maximum atomic E-state index is 6.38. The third-order valence-electron chi connectivity index (χ3n) is 11.6. The summed E-state index contributed by atoms with van der Waals surface area (Å²) in [5, 5.41) is 8.73. The molecule has 13 aromatic rings. The summed E-state index contributed by atoms with van der Waals surface area (Å²) in [5.41, 5.74) is 8.49. The number of benzene rings is 8. The van der Waals surface area contributed by atoms with Crippen molar-refractivity contribution < 1.29 is 8.83 Å². The van der Waals surface area contributed by atoms with E-state index in [1.54, 1.807) is 0 Å². The van der Waals surface area contributed by atoms with Crippen LogP contribution < -0.4 is 9.80 Å². The van der Waals surface area contributed by atoms with Gasteiger partial charge in [-0.3, -0.25) is 9.80 Å². The lowest BCUT2D eigenvalue weighted by atomic mass is 10.1. The van der Waals surface area contributed by atoms with E-state index in [-0.39, 0.29) is 0 Å². The predicted molar refractivity (Wildman–Crippen MR) is 249 cm³/mol. The zero-order chi connectivity index (χ0) is 40.0. The summed E-state index contributed by atoms with van der Waals surface area (Å²) in [6, 6.07) is 58.5. The Balaban J connectivity index is 0.981. The summed E-state index contributed by atoms with van der Waals surface area (Å²) in [4.78, 5) is 26.6. The highest BCUT2D eigenvalue weighted by molar-refractivity contribution is 7.24. The summed E-state index contributed by atoms with van der Waals surface area (Å²) >= 11 is 1.49. The minimum Gasteiger partial charge on any atom is -0.456 e. The largest absolute Gasteiger partial charge is 0.456 e. The predicted octanol–water partition coefficient (Wildman–Crippen LogP) is 14.7. The minimum atomic E-state index is 0.669.